The maximum atomic E-state index is 5.66. The van der Waals surface area contributed by atoms with Crippen LogP contribution in [0.15, 0.2) is 36.8 Å². The number of nitrogens with zero attached hydrogens (tertiary/aromatic N) is 2. The fraction of sp³-hybridized carbons (Fsp3) is 0.308. The van der Waals surface area contributed by atoms with Crippen molar-refractivity contribution in [2.24, 2.45) is 5.73 Å². The van der Waals surface area contributed by atoms with Crippen molar-refractivity contribution in [1.82, 2.24) is 9.55 Å². The Balaban J connectivity index is 2.03. The van der Waals surface area contributed by atoms with Gasteiger partial charge in [-0.1, -0.05) is 12.1 Å². The van der Waals surface area contributed by atoms with Gasteiger partial charge in [0.1, 0.15) is 0 Å². The average Bonchev–Trinajstić information content (AvgIpc) is 3.07. The molecular weight excluding hydrogens is 198 g/mol. The lowest BCUT2D eigenvalue weighted by molar-refractivity contribution is 0.919. The van der Waals surface area contributed by atoms with Gasteiger partial charge in [0.25, 0.3) is 0 Å². The molecule has 0 bridgehead atoms. The second-order valence-electron chi connectivity index (χ2n) is 4.34. The van der Waals surface area contributed by atoms with Crippen LogP contribution in [0.2, 0.25) is 0 Å². The summed E-state index contributed by atoms with van der Waals surface area (Å²) in [6, 6.07) is 8.34. The molecule has 1 aliphatic rings. The van der Waals surface area contributed by atoms with E-state index in [0.717, 1.165) is 5.56 Å². The van der Waals surface area contributed by atoms with Crippen LogP contribution in [0.25, 0.3) is 5.69 Å². The Morgan fingerprint density at radius 1 is 1.38 bits per heavy atom. The SMILES string of the molecule is NCc1cccc(-n2cncc2C2CC2)c1. The summed E-state index contributed by atoms with van der Waals surface area (Å²) in [5, 5.41) is 0. The second-order valence-corrected chi connectivity index (χ2v) is 4.34. The van der Waals surface area contributed by atoms with E-state index in [9.17, 15) is 0 Å². The van der Waals surface area contributed by atoms with Gasteiger partial charge in [-0.25, -0.2) is 4.98 Å². The molecule has 0 aliphatic heterocycles. The predicted molar refractivity (Wildman–Crippen MR) is 63.4 cm³/mol. The molecule has 16 heavy (non-hydrogen) atoms. The summed E-state index contributed by atoms with van der Waals surface area (Å²) < 4.78 is 2.18. The molecular formula is C13H15N3. The smallest absolute Gasteiger partial charge is 0.0994 e. The zero-order valence-electron chi connectivity index (χ0n) is 9.13. The molecule has 0 unspecified atom stereocenters. The Morgan fingerprint density at radius 2 is 2.25 bits per heavy atom. The molecule has 1 aromatic heterocycles. The van der Waals surface area contributed by atoms with Crippen molar-refractivity contribution in [2.75, 3.05) is 0 Å². The Morgan fingerprint density at radius 3 is 3.00 bits per heavy atom. The Kier molecular flexibility index (Phi) is 2.26. The number of rotatable bonds is 3. The summed E-state index contributed by atoms with van der Waals surface area (Å²) in [5.41, 5.74) is 9.31. The predicted octanol–water partition coefficient (Wildman–Crippen LogP) is 2.21. The van der Waals surface area contributed by atoms with Crippen molar-refractivity contribution >= 4 is 0 Å². The van der Waals surface area contributed by atoms with E-state index in [1.54, 1.807) is 0 Å². The van der Waals surface area contributed by atoms with E-state index in [1.807, 2.05) is 18.6 Å². The topological polar surface area (TPSA) is 43.8 Å². The first-order chi connectivity index (χ1) is 7.88. The summed E-state index contributed by atoms with van der Waals surface area (Å²) in [4.78, 5) is 4.25. The van der Waals surface area contributed by atoms with E-state index in [1.165, 1.54) is 24.2 Å². The highest BCUT2D eigenvalue weighted by Gasteiger charge is 2.27. The summed E-state index contributed by atoms with van der Waals surface area (Å²) in [6.07, 6.45) is 6.46. The quantitative estimate of drug-likeness (QED) is 0.849. The highest BCUT2D eigenvalue weighted by atomic mass is 15.1. The first kappa shape index (κ1) is 9.60. The summed E-state index contributed by atoms with van der Waals surface area (Å²) >= 11 is 0. The van der Waals surface area contributed by atoms with Gasteiger partial charge in [-0.3, -0.25) is 0 Å². The highest BCUT2D eigenvalue weighted by molar-refractivity contribution is 5.38. The highest BCUT2D eigenvalue weighted by Crippen LogP contribution is 2.40. The van der Waals surface area contributed by atoms with E-state index in [-0.39, 0.29) is 0 Å². The molecule has 82 valence electrons. The standard InChI is InChI=1S/C13H15N3/c14-7-10-2-1-3-12(6-10)16-9-15-8-13(16)11-4-5-11/h1-3,6,8-9,11H,4-5,7,14H2. The number of imidazole rings is 1. The van der Waals surface area contributed by atoms with Crippen LogP contribution in [0.4, 0.5) is 0 Å². The normalized spacial score (nSPS) is 15.3. The van der Waals surface area contributed by atoms with Crippen LogP contribution in [0.3, 0.4) is 0 Å². The van der Waals surface area contributed by atoms with Crippen LogP contribution in [0.1, 0.15) is 30.0 Å². The molecule has 1 fully saturated rings. The zero-order chi connectivity index (χ0) is 11.0. The number of hydrogen-bond donors (Lipinski definition) is 1. The molecule has 2 aromatic rings. The van der Waals surface area contributed by atoms with Gasteiger partial charge >= 0.3 is 0 Å². The molecule has 3 heteroatoms. The van der Waals surface area contributed by atoms with E-state index in [4.69, 9.17) is 5.73 Å². The van der Waals surface area contributed by atoms with Crippen molar-refractivity contribution in [1.29, 1.82) is 0 Å². The molecule has 2 N–H and O–H groups in total. The van der Waals surface area contributed by atoms with Gasteiger partial charge < -0.3 is 10.3 Å². The number of nitrogens with two attached hydrogens (primary N) is 1. The summed E-state index contributed by atoms with van der Waals surface area (Å²) in [6.45, 7) is 0.585. The van der Waals surface area contributed by atoms with Crippen molar-refractivity contribution in [3.05, 3.63) is 48.0 Å². The molecule has 1 saturated carbocycles. The van der Waals surface area contributed by atoms with Crippen LogP contribution in [-0.4, -0.2) is 9.55 Å². The Hall–Kier alpha value is -1.61. The van der Waals surface area contributed by atoms with E-state index in [2.05, 4.69) is 27.8 Å². The lowest BCUT2D eigenvalue weighted by Gasteiger charge is -2.08. The molecule has 3 rings (SSSR count). The molecule has 0 spiro atoms. The van der Waals surface area contributed by atoms with Gasteiger partial charge in [0.15, 0.2) is 0 Å². The number of benzene rings is 1. The molecule has 0 atom stereocenters. The minimum absolute atomic E-state index is 0.585. The minimum Gasteiger partial charge on any atom is -0.326 e. The Labute approximate surface area is 94.9 Å². The van der Waals surface area contributed by atoms with Crippen LogP contribution in [-0.2, 0) is 6.54 Å². The second kappa shape index (κ2) is 3.76. The van der Waals surface area contributed by atoms with Gasteiger partial charge in [-0.2, -0.15) is 0 Å². The van der Waals surface area contributed by atoms with Crippen LogP contribution in [0, 0.1) is 0 Å². The van der Waals surface area contributed by atoms with Gasteiger partial charge in [0.05, 0.1) is 6.33 Å². The van der Waals surface area contributed by atoms with Crippen molar-refractivity contribution in [2.45, 2.75) is 25.3 Å². The third kappa shape index (κ3) is 1.63. The fourth-order valence-electron chi connectivity index (χ4n) is 2.04. The van der Waals surface area contributed by atoms with Crippen molar-refractivity contribution in [3.8, 4) is 5.69 Å². The molecule has 0 radical (unpaired) electrons. The van der Waals surface area contributed by atoms with E-state index in [0.29, 0.717) is 12.5 Å². The third-order valence-corrected chi connectivity index (χ3v) is 3.09. The first-order valence-corrected chi connectivity index (χ1v) is 5.70. The van der Waals surface area contributed by atoms with Crippen LogP contribution in [0.5, 0.6) is 0 Å². The molecule has 1 heterocycles. The van der Waals surface area contributed by atoms with E-state index >= 15 is 0 Å². The van der Waals surface area contributed by atoms with Gasteiger partial charge in [0, 0.05) is 30.0 Å². The number of aromatic nitrogens is 2. The van der Waals surface area contributed by atoms with Gasteiger partial charge in [-0.15, -0.1) is 0 Å². The summed E-state index contributed by atoms with van der Waals surface area (Å²) in [5.74, 6) is 0.712. The molecule has 0 saturated heterocycles. The van der Waals surface area contributed by atoms with Gasteiger partial charge in [0.2, 0.25) is 0 Å². The third-order valence-electron chi connectivity index (χ3n) is 3.09. The fourth-order valence-corrected chi connectivity index (χ4v) is 2.04. The molecule has 1 aliphatic carbocycles. The molecule has 1 aromatic carbocycles. The monoisotopic (exact) mass is 213 g/mol. The van der Waals surface area contributed by atoms with Gasteiger partial charge in [-0.05, 0) is 30.5 Å². The maximum absolute atomic E-state index is 5.66. The number of hydrogen-bond acceptors (Lipinski definition) is 2. The lowest BCUT2D eigenvalue weighted by atomic mass is 10.2. The van der Waals surface area contributed by atoms with E-state index < -0.39 is 0 Å². The first-order valence-electron chi connectivity index (χ1n) is 5.70. The lowest BCUT2D eigenvalue weighted by Crippen LogP contribution is -2.01. The van der Waals surface area contributed by atoms with Crippen LogP contribution >= 0.6 is 0 Å². The Bertz CT molecular complexity index is 497. The molecule has 3 nitrogen and oxygen atoms in total. The minimum atomic E-state index is 0.585. The zero-order valence-corrected chi connectivity index (χ0v) is 9.13. The van der Waals surface area contributed by atoms with Crippen molar-refractivity contribution in [3.63, 3.8) is 0 Å². The maximum Gasteiger partial charge on any atom is 0.0994 e. The van der Waals surface area contributed by atoms with Crippen molar-refractivity contribution < 1.29 is 0 Å². The largest absolute Gasteiger partial charge is 0.326 e. The molecule has 0 amide bonds. The average molecular weight is 213 g/mol. The summed E-state index contributed by atoms with van der Waals surface area (Å²) in [7, 11) is 0. The van der Waals surface area contributed by atoms with Crippen LogP contribution < -0.4 is 5.73 Å².